The van der Waals surface area contributed by atoms with Gasteiger partial charge in [-0.05, 0) is 28.3 Å². The summed E-state index contributed by atoms with van der Waals surface area (Å²) in [6.07, 6.45) is 2.31. The average molecular weight is 476 g/mol. The summed E-state index contributed by atoms with van der Waals surface area (Å²) in [7, 11) is 0. The first-order valence-corrected chi connectivity index (χ1v) is 10.2. The molecule has 168 valence electrons. The molecule has 1 unspecified atom stereocenters. The lowest BCUT2D eigenvalue weighted by Crippen LogP contribution is -2.49. The number of nitrogens with zero attached hydrogens (tertiary/aromatic N) is 2. The van der Waals surface area contributed by atoms with Crippen molar-refractivity contribution in [1.29, 1.82) is 0 Å². The Hall–Kier alpha value is -2.67. The Morgan fingerprint density at radius 1 is 1.03 bits per heavy atom. The molecule has 3 aromatic rings. The van der Waals surface area contributed by atoms with Crippen LogP contribution in [0.25, 0.3) is 11.1 Å². The standard InChI is InChI=1S/C24H22FN3O2.2ClH/c25-22-13-26-10-9-20(22)23-14-27-11-12-28(23)24(29)30-15-21-18-7-3-1-5-16(18)17-6-2-4-8-19(17)21;;/h1-10,13,21,23,27H,11-12,14-15H2;2*1H. The predicted molar refractivity (Wildman–Crippen MR) is 126 cm³/mol. The molecule has 32 heavy (non-hydrogen) atoms. The molecule has 1 amide bonds. The third kappa shape index (κ3) is 4.31. The summed E-state index contributed by atoms with van der Waals surface area (Å²) in [5, 5.41) is 3.23. The monoisotopic (exact) mass is 475 g/mol. The molecule has 1 aliphatic carbocycles. The topological polar surface area (TPSA) is 54.5 Å². The zero-order valence-corrected chi connectivity index (χ0v) is 18.9. The number of rotatable bonds is 3. The van der Waals surface area contributed by atoms with Gasteiger partial charge in [0.2, 0.25) is 0 Å². The van der Waals surface area contributed by atoms with Crippen LogP contribution in [0, 0.1) is 5.82 Å². The van der Waals surface area contributed by atoms with Gasteiger partial charge in [0, 0.05) is 37.3 Å². The van der Waals surface area contributed by atoms with E-state index < -0.39 is 18.0 Å². The Bertz CT molecular complexity index is 1050. The molecule has 1 atom stereocenters. The van der Waals surface area contributed by atoms with Crippen LogP contribution in [-0.2, 0) is 4.74 Å². The number of amides is 1. The number of ether oxygens (including phenoxy) is 1. The normalized spacial score (nSPS) is 16.9. The number of benzene rings is 2. The molecule has 0 saturated carbocycles. The maximum Gasteiger partial charge on any atom is 0.410 e. The summed E-state index contributed by atoms with van der Waals surface area (Å²) in [5.74, 6) is -0.414. The number of nitrogens with one attached hydrogen (secondary N) is 1. The second kappa shape index (κ2) is 10.3. The van der Waals surface area contributed by atoms with E-state index in [1.54, 1.807) is 17.2 Å². The molecular formula is C24H24Cl2FN3O2. The number of hydrogen-bond acceptors (Lipinski definition) is 4. The number of piperazine rings is 1. The minimum absolute atomic E-state index is 0. The first-order chi connectivity index (χ1) is 14.7. The smallest absolute Gasteiger partial charge is 0.410 e. The molecule has 5 nitrogen and oxygen atoms in total. The molecule has 0 radical (unpaired) electrons. The molecule has 2 heterocycles. The maximum atomic E-state index is 14.3. The Morgan fingerprint density at radius 3 is 2.34 bits per heavy atom. The SMILES string of the molecule is Cl.Cl.O=C(OCC1c2ccccc2-c2ccccc21)N1CCNCC1c1ccncc1F. The number of carbonyl (C=O) groups excluding carboxylic acids is 1. The fourth-order valence-electron chi connectivity index (χ4n) is 4.53. The van der Waals surface area contributed by atoms with E-state index in [-0.39, 0.29) is 37.3 Å². The second-order valence-electron chi connectivity index (χ2n) is 7.61. The van der Waals surface area contributed by atoms with E-state index in [0.29, 0.717) is 25.2 Å². The fraction of sp³-hybridized carbons (Fsp3) is 0.250. The summed E-state index contributed by atoms with van der Waals surface area (Å²) in [5.41, 5.74) is 5.17. The summed E-state index contributed by atoms with van der Waals surface area (Å²) in [6.45, 7) is 1.84. The van der Waals surface area contributed by atoms with Crippen molar-refractivity contribution in [2.45, 2.75) is 12.0 Å². The van der Waals surface area contributed by atoms with E-state index >= 15 is 0 Å². The zero-order chi connectivity index (χ0) is 20.5. The van der Waals surface area contributed by atoms with Crippen molar-refractivity contribution >= 4 is 30.9 Å². The third-order valence-electron chi connectivity index (χ3n) is 5.98. The molecule has 5 rings (SSSR count). The van der Waals surface area contributed by atoms with Crippen LogP contribution in [0.2, 0.25) is 0 Å². The first-order valence-electron chi connectivity index (χ1n) is 10.2. The highest BCUT2D eigenvalue weighted by Crippen LogP contribution is 2.44. The van der Waals surface area contributed by atoms with Gasteiger partial charge < -0.3 is 10.1 Å². The van der Waals surface area contributed by atoms with Crippen LogP contribution in [0.4, 0.5) is 9.18 Å². The largest absolute Gasteiger partial charge is 0.448 e. The Kier molecular flexibility index (Phi) is 7.72. The van der Waals surface area contributed by atoms with Gasteiger partial charge in [0.25, 0.3) is 0 Å². The van der Waals surface area contributed by atoms with E-state index in [1.807, 2.05) is 24.3 Å². The average Bonchev–Trinajstić information content (AvgIpc) is 3.12. The highest BCUT2D eigenvalue weighted by molar-refractivity contribution is 5.85. The fourth-order valence-corrected chi connectivity index (χ4v) is 4.53. The van der Waals surface area contributed by atoms with Crippen molar-refractivity contribution in [2.24, 2.45) is 0 Å². The minimum Gasteiger partial charge on any atom is -0.448 e. The van der Waals surface area contributed by atoms with Crippen LogP contribution in [-0.4, -0.2) is 42.2 Å². The van der Waals surface area contributed by atoms with E-state index in [1.165, 1.54) is 28.5 Å². The lowest BCUT2D eigenvalue weighted by Gasteiger charge is -2.36. The molecular weight excluding hydrogens is 452 g/mol. The molecule has 0 bridgehead atoms. The van der Waals surface area contributed by atoms with Gasteiger partial charge in [-0.2, -0.15) is 0 Å². The number of pyridine rings is 1. The first kappa shape index (κ1) is 24.0. The van der Waals surface area contributed by atoms with E-state index in [0.717, 1.165) is 0 Å². The minimum atomic E-state index is -0.419. The maximum absolute atomic E-state index is 14.3. The summed E-state index contributed by atoms with van der Waals surface area (Å²) in [4.78, 5) is 18.4. The van der Waals surface area contributed by atoms with E-state index in [4.69, 9.17) is 4.74 Å². The number of aromatic nitrogens is 1. The molecule has 0 spiro atoms. The van der Waals surface area contributed by atoms with Crippen molar-refractivity contribution in [3.63, 3.8) is 0 Å². The second-order valence-corrected chi connectivity index (χ2v) is 7.61. The van der Waals surface area contributed by atoms with Crippen LogP contribution in [0.3, 0.4) is 0 Å². The van der Waals surface area contributed by atoms with Gasteiger partial charge in [0.1, 0.15) is 12.4 Å². The Morgan fingerprint density at radius 2 is 1.69 bits per heavy atom. The molecule has 1 aromatic heterocycles. The van der Waals surface area contributed by atoms with Crippen LogP contribution in [0.15, 0.2) is 67.0 Å². The van der Waals surface area contributed by atoms with Crippen LogP contribution >= 0.6 is 24.8 Å². The van der Waals surface area contributed by atoms with Gasteiger partial charge in [-0.25, -0.2) is 9.18 Å². The number of halogens is 3. The van der Waals surface area contributed by atoms with Crippen molar-refractivity contribution in [2.75, 3.05) is 26.2 Å². The van der Waals surface area contributed by atoms with E-state index in [9.17, 15) is 9.18 Å². The summed E-state index contributed by atoms with van der Waals surface area (Å²) in [6, 6.07) is 17.7. The van der Waals surface area contributed by atoms with Gasteiger partial charge in [-0.3, -0.25) is 9.88 Å². The van der Waals surface area contributed by atoms with Crippen LogP contribution in [0.5, 0.6) is 0 Å². The molecule has 2 aromatic carbocycles. The van der Waals surface area contributed by atoms with Gasteiger partial charge in [0.15, 0.2) is 0 Å². The molecule has 1 saturated heterocycles. The number of hydrogen-bond donors (Lipinski definition) is 1. The lowest BCUT2D eigenvalue weighted by atomic mass is 9.98. The highest BCUT2D eigenvalue weighted by Gasteiger charge is 2.33. The molecule has 1 aliphatic heterocycles. The van der Waals surface area contributed by atoms with Gasteiger partial charge in [-0.15, -0.1) is 24.8 Å². The number of carbonyl (C=O) groups is 1. The van der Waals surface area contributed by atoms with Crippen molar-refractivity contribution in [1.82, 2.24) is 15.2 Å². The van der Waals surface area contributed by atoms with Crippen molar-refractivity contribution in [3.05, 3.63) is 89.5 Å². The molecule has 2 aliphatic rings. The van der Waals surface area contributed by atoms with Crippen molar-refractivity contribution in [3.8, 4) is 11.1 Å². The van der Waals surface area contributed by atoms with Crippen molar-refractivity contribution < 1.29 is 13.9 Å². The summed E-state index contributed by atoms with van der Waals surface area (Å²) >= 11 is 0. The van der Waals surface area contributed by atoms with Gasteiger partial charge in [0.05, 0.1) is 12.2 Å². The number of fused-ring (bicyclic) bond motifs is 3. The Labute approximate surface area is 198 Å². The highest BCUT2D eigenvalue weighted by atomic mass is 35.5. The third-order valence-corrected chi connectivity index (χ3v) is 5.98. The molecule has 8 heteroatoms. The quantitative estimate of drug-likeness (QED) is 0.581. The van der Waals surface area contributed by atoms with E-state index in [2.05, 4.69) is 34.6 Å². The molecule has 1 fully saturated rings. The zero-order valence-electron chi connectivity index (χ0n) is 17.2. The van der Waals surface area contributed by atoms with Gasteiger partial charge >= 0.3 is 6.09 Å². The van der Waals surface area contributed by atoms with Crippen LogP contribution < -0.4 is 5.32 Å². The Balaban J connectivity index is 0.00000144. The molecule has 1 N–H and O–H groups in total. The van der Waals surface area contributed by atoms with Gasteiger partial charge in [-0.1, -0.05) is 48.5 Å². The summed E-state index contributed by atoms with van der Waals surface area (Å²) < 4.78 is 20.1. The lowest BCUT2D eigenvalue weighted by molar-refractivity contribution is 0.0744. The predicted octanol–water partition coefficient (Wildman–Crippen LogP) is 4.96. The van der Waals surface area contributed by atoms with Crippen LogP contribution in [0.1, 0.15) is 28.7 Å².